The Hall–Kier alpha value is -2.82. The van der Waals surface area contributed by atoms with Gasteiger partial charge in [-0.15, -0.1) is 18.3 Å². The first-order valence-electron chi connectivity index (χ1n) is 12.1. The average molecular weight is 505 g/mol. The van der Waals surface area contributed by atoms with Crippen LogP contribution in [0.5, 0.6) is 5.75 Å². The summed E-state index contributed by atoms with van der Waals surface area (Å²) in [4.78, 5) is 7.30. The third-order valence-corrected chi connectivity index (χ3v) is 8.37. The summed E-state index contributed by atoms with van der Waals surface area (Å²) in [5.74, 6) is 2.14. The molecule has 2 bridgehead atoms. The standard InChI is InChI=1S/C24H27F3N6OS/c1-14-10-20(35-31-14)32-12-16-7-8-17(13-32)21(16)28-23-29-22-19(6-3-9-33(22)30-23)15-4-2-5-18(11-15)34-24(25,26)27/h2,4-5,10-11,16-17,19,21H,3,6-9,12-13H2,1H3,(H,28,30)/t16-,17?,19?,21?/m0/s1. The van der Waals surface area contributed by atoms with E-state index < -0.39 is 6.36 Å². The Morgan fingerprint density at radius 3 is 2.63 bits per heavy atom. The molecule has 1 aromatic carbocycles. The lowest BCUT2D eigenvalue weighted by atomic mass is 9.91. The second-order valence-corrected chi connectivity index (χ2v) is 10.6. The summed E-state index contributed by atoms with van der Waals surface area (Å²) in [6.45, 7) is 4.78. The van der Waals surface area contributed by atoms with Crippen molar-refractivity contribution in [2.45, 2.75) is 57.5 Å². The van der Waals surface area contributed by atoms with Crippen LogP contribution in [0.15, 0.2) is 30.3 Å². The second-order valence-electron chi connectivity index (χ2n) is 9.81. The molecule has 11 heteroatoms. The Balaban J connectivity index is 1.19. The maximum atomic E-state index is 12.7. The molecule has 3 unspecified atom stereocenters. The zero-order chi connectivity index (χ0) is 24.2. The molecular formula is C24H27F3N6OS. The van der Waals surface area contributed by atoms with Crippen molar-refractivity contribution in [3.63, 3.8) is 0 Å². The average Bonchev–Trinajstić information content (AvgIpc) is 3.48. The van der Waals surface area contributed by atoms with E-state index in [0.717, 1.165) is 49.6 Å². The molecule has 186 valence electrons. The van der Waals surface area contributed by atoms with Gasteiger partial charge in [-0.1, -0.05) is 12.1 Å². The highest BCUT2D eigenvalue weighted by Crippen LogP contribution is 2.41. The fraction of sp³-hybridized carbons (Fsp3) is 0.542. The molecule has 1 aliphatic carbocycles. The van der Waals surface area contributed by atoms with Crippen molar-refractivity contribution in [3.05, 3.63) is 47.4 Å². The zero-order valence-corrected chi connectivity index (χ0v) is 20.1. The molecule has 0 spiro atoms. The van der Waals surface area contributed by atoms with Crippen LogP contribution in [0.4, 0.5) is 24.1 Å². The first-order valence-corrected chi connectivity index (χ1v) is 12.8. The molecule has 2 aromatic heterocycles. The Bertz CT molecular complexity index is 1200. The van der Waals surface area contributed by atoms with Gasteiger partial charge in [-0.05, 0) is 79.7 Å². The van der Waals surface area contributed by atoms with E-state index in [0.29, 0.717) is 23.8 Å². The number of hydrogen-bond donors (Lipinski definition) is 1. The van der Waals surface area contributed by atoms with E-state index in [1.165, 1.54) is 30.0 Å². The number of nitrogens with one attached hydrogen (secondary N) is 1. The van der Waals surface area contributed by atoms with Crippen molar-refractivity contribution in [2.75, 3.05) is 23.3 Å². The number of fused-ring (bicyclic) bond motifs is 3. The molecule has 4 atom stereocenters. The molecule has 1 N–H and O–H groups in total. The summed E-state index contributed by atoms with van der Waals surface area (Å²) in [5.41, 5.74) is 1.83. The van der Waals surface area contributed by atoms with E-state index in [2.05, 4.69) is 25.4 Å². The van der Waals surface area contributed by atoms with Crippen LogP contribution in [0.3, 0.4) is 0 Å². The number of halogens is 3. The van der Waals surface area contributed by atoms with Gasteiger partial charge >= 0.3 is 6.36 Å². The number of anilines is 2. The number of aryl methyl sites for hydroxylation is 2. The maximum Gasteiger partial charge on any atom is 0.573 e. The van der Waals surface area contributed by atoms with E-state index in [-0.39, 0.29) is 11.7 Å². The van der Waals surface area contributed by atoms with Crippen LogP contribution in [0.1, 0.15) is 48.7 Å². The van der Waals surface area contributed by atoms with Crippen LogP contribution in [-0.4, -0.2) is 44.6 Å². The van der Waals surface area contributed by atoms with Crippen LogP contribution < -0.4 is 15.0 Å². The number of benzene rings is 1. The van der Waals surface area contributed by atoms with Gasteiger partial charge in [-0.3, -0.25) is 0 Å². The molecule has 3 aliphatic rings. The largest absolute Gasteiger partial charge is 0.573 e. The van der Waals surface area contributed by atoms with Gasteiger partial charge in [0.2, 0.25) is 5.95 Å². The number of piperidine rings is 1. The van der Waals surface area contributed by atoms with E-state index >= 15 is 0 Å². The first-order chi connectivity index (χ1) is 16.8. The molecule has 1 saturated carbocycles. The molecule has 1 saturated heterocycles. The van der Waals surface area contributed by atoms with E-state index in [4.69, 9.17) is 10.1 Å². The summed E-state index contributed by atoms with van der Waals surface area (Å²) in [6.07, 6.45) is -0.651. The number of ether oxygens (including phenoxy) is 1. The van der Waals surface area contributed by atoms with Gasteiger partial charge in [0.15, 0.2) is 0 Å². The van der Waals surface area contributed by atoms with Gasteiger partial charge in [0.1, 0.15) is 16.6 Å². The Morgan fingerprint density at radius 2 is 1.91 bits per heavy atom. The highest BCUT2D eigenvalue weighted by atomic mass is 32.1. The van der Waals surface area contributed by atoms with E-state index in [1.807, 2.05) is 17.7 Å². The Kier molecular flexibility index (Phi) is 5.62. The van der Waals surface area contributed by atoms with Crippen LogP contribution in [0.2, 0.25) is 0 Å². The highest BCUT2D eigenvalue weighted by molar-refractivity contribution is 7.10. The van der Waals surface area contributed by atoms with Gasteiger partial charge in [0.25, 0.3) is 0 Å². The van der Waals surface area contributed by atoms with Crippen molar-refractivity contribution >= 4 is 22.5 Å². The molecule has 2 aliphatic heterocycles. The summed E-state index contributed by atoms with van der Waals surface area (Å²) in [6, 6.07) is 8.72. The third kappa shape index (κ3) is 4.57. The number of alkyl halides is 3. The number of nitrogens with zero attached hydrogens (tertiary/aromatic N) is 5. The van der Waals surface area contributed by atoms with Crippen molar-refractivity contribution in [3.8, 4) is 5.75 Å². The van der Waals surface area contributed by atoms with Crippen molar-refractivity contribution in [1.82, 2.24) is 19.1 Å². The normalized spacial score (nSPS) is 26.0. The van der Waals surface area contributed by atoms with Crippen LogP contribution in [0.25, 0.3) is 0 Å². The summed E-state index contributed by atoms with van der Waals surface area (Å²) < 4.78 is 48.6. The number of rotatable bonds is 5. The van der Waals surface area contributed by atoms with Crippen LogP contribution in [0, 0.1) is 18.8 Å². The quantitative estimate of drug-likeness (QED) is 0.516. The Morgan fingerprint density at radius 1 is 1.11 bits per heavy atom. The molecule has 0 radical (unpaired) electrons. The van der Waals surface area contributed by atoms with Gasteiger partial charge in [-0.25, -0.2) is 4.68 Å². The van der Waals surface area contributed by atoms with Crippen molar-refractivity contribution < 1.29 is 17.9 Å². The monoisotopic (exact) mass is 504 g/mol. The van der Waals surface area contributed by atoms with Gasteiger partial charge < -0.3 is 15.0 Å². The van der Waals surface area contributed by atoms with Crippen molar-refractivity contribution in [2.24, 2.45) is 11.8 Å². The van der Waals surface area contributed by atoms with Gasteiger partial charge in [0.05, 0.1) is 5.69 Å². The number of aromatic nitrogens is 4. The minimum absolute atomic E-state index is 0.114. The molecule has 2 fully saturated rings. The lowest BCUT2D eigenvalue weighted by Gasteiger charge is -2.38. The molecule has 6 rings (SSSR count). The van der Waals surface area contributed by atoms with E-state index in [9.17, 15) is 13.2 Å². The molecule has 3 aromatic rings. The lowest BCUT2D eigenvalue weighted by Crippen LogP contribution is -2.48. The number of hydrogen-bond acceptors (Lipinski definition) is 7. The van der Waals surface area contributed by atoms with Crippen LogP contribution in [-0.2, 0) is 6.54 Å². The lowest BCUT2D eigenvalue weighted by molar-refractivity contribution is -0.274. The summed E-state index contributed by atoms with van der Waals surface area (Å²) in [7, 11) is 0. The molecule has 0 amide bonds. The zero-order valence-electron chi connectivity index (χ0n) is 19.3. The van der Waals surface area contributed by atoms with Crippen LogP contribution >= 0.6 is 11.5 Å². The SMILES string of the molecule is Cc1cc(N2CC3CC[C@@H](C2)C3Nc2nc3n(n2)CCCC3c2cccc(OC(F)(F)F)c2)sn1. The summed E-state index contributed by atoms with van der Waals surface area (Å²) in [5, 5.41) is 9.62. The second kappa shape index (κ2) is 8.69. The predicted octanol–water partition coefficient (Wildman–Crippen LogP) is 5.19. The first kappa shape index (κ1) is 22.6. The molecule has 4 heterocycles. The Labute approximate surface area is 205 Å². The smallest absolute Gasteiger partial charge is 0.406 e. The fourth-order valence-corrected chi connectivity index (χ4v) is 6.72. The molecular weight excluding hydrogens is 477 g/mol. The predicted molar refractivity (Wildman–Crippen MR) is 127 cm³/mol. The molecule has 35 heavy (non-hydrogen) atoms. The van der Waals surface area contributed by atoms with Crippen molar-refractivity contribution in [1.29, 1.82) is 0 Å². The van der Waals surface area contributed by atoms with E-state index in [1.54, 1.807) is 17.6 Å². The highest BCUT2D eigenvalue weighted by Gasteiger charge is 2.43. The maximum absolute atomic E-state index is 12.7. The minimum atomic E-state index is -4.71. The minimum Gasteiger partial charge on any atom is -0.406 e. The van der Waals surface area contributed by atoms with Gasteiger partial charge in [-0.2, -0.15) is 9.36 Å². The van der Waals surface area contributed by atoms with Gasteiger partial charge in [0, 0.05) is 31.6 Å². The molecule has 7 nitrogen and oxygen atoms in total. The fourth-order valence-electron chi connectivity index (χ4n) is 5.94. The third-order valence-electron chi connectivity index (χ3n) is 7.43. The summed E-state index contributed by atoms with van der Waals surface area (Å²) >= 11 is 1.57. The topological polar surface area (TPSA) is 68.1 Å².